The van der Waals surface area contributed by atoms with Crippen molar-refractivity contribution in [2.45, 2.75) is 0 Å². The van der Waals surface area contributed by atoms with Crippen LogP contribution in [0.25, 0.3) is 0 Å². The molecule has 0 saturated carbocycles. The third-order valence-electron chi connectivity index (χ3n) is 0.178. The summed E-state index contributed by atoms with van der Waals surface area (Å²) in [6.07, 6.45) is 1.88. The zero-order valence-electron chi connectivity index (χ0n) is 2.62. The van der Waals surface area contributed by atoms with Crippen LogP contribution in [0.1, 0.15) is 0 Å². The summed E-state index contributed by atoms with van der Waals surface area (Å²) in [5, 5.41) is 0. The smallest absolute Gasteiger partial charge is 0.0187 e. The molecule has 0 aromatic heterocycles. The summed E-state index contributed by atoms with van der Waals surface area (Å²) in [6, 6.07) is 0. The van der Waals surface area contributed by atoms with Gasteiger partial charge in [0.25, 0.3) is 0 Å². The topological polar surface area (TPSA) is 0 Å². The maximum atomic E-state index is 5.12. The van der Waals surface area contributed by atoms with Gasteiger partial charge >= 0.3 is 0 Å². The fourth-order valence-corrected chi connectivity index (χ4v) is 0.678. The van der Waals surface area contributed by atoms with E-state index in [4.69, 9.17) is 11.6 Å². The van der Waals surface area contributed by atoms with Crippen molar-refractivity contribution < 1.29 is 0 Å². The maximum absolute atomic E-state index is 5.12. The predicted molar refractivity (Wildman–Crippen MR) is 33.9 cm³/mol. The Bertz CT molecular complexity index is 33.9. The van der Waals surface area contributed by atoms with Gasteiger partial charge in [0.15, 0.2) is 0 Å². The van der Waals surface area contributed by atoms with Crippen molar-refractivity contribution in [1.29, 1.82) is 0 Å². The molecule has 0 bridgehead atoms. The molecule has 0 aliphatic heterocycles. The second kappa shape index (κ2) is 4.76. The van der Waals surface area contributed by atoms with E-state index < -0.39 is 0 Å². The van der Waals surface area contributed by atoms with E-state index in [-0.39, 0.29) is 0 Å². The van der Waals surface area contributed by atoms with Gasteiger partial charge in [-0.05, 0) is 0 Å². The number of hydrogen-bond donors (Lipinski definition) is 0. The number of alkyl halides is 1. The van der Waals surface area contributed by atoms with Gasteiger partial charge in [0, 0.05) is 9.96 Å². The zero-order chi connectivity index (χ0) is 4.12. The van der Waals surface area contributed by atoms with Crippen LogP contribution in [0, 0.1) is 0 Å². The SMILES string of the molecule is Cl/C=C/CI. The van der Waals surface area contributed by atoms with Crippen LogP contribution in [-0.2, 0) is 0 Å². The van der Waals surface area contributed by atoms with Gasteiger partial charge in [0.1, 0.15) is 0 Å². The summed E-state index contributed by atoms with van der Waals surface area (Å²) in [6.45, 7) is 0. The number of hydrogen-bond acceptors (Lipinski definition) is 0. The van der Waals surface area contributed by atoms with Crippen LogP contribution in [0.3, 0.4) is 0 Å². The molecule has 0 rings (SSSR count). The molecular formula is C3H4ClI. The van der Waals surface area contributed by atoms with E-state index in [0.717, 1.165) is 4.43 Å². The molecule has 0 radical (unpaired) electrons. The van der Waals surface area contributed by atoms with Crippen molar-refractivity contribution >= 4 is 34.2 Å². The molecule has 0 atom stereocenters. The van der Waals surface area contributed by atoms with Gasteiger partial charge in [-0.15, -0.1) is 0 Å². The highest BCUT2D eigenvalue weighted by Gasteiger charge is 1.55. The molecular weight excluding hydrogens is 198 g/mol. The standard InChI is InChI=1S/C3H4ClI/c4-2-1-3-5/h1-2H,3H2/b2-1+. The number of allylic oxidation sites excluding steroid dienone is 1. The Hall–Kier alpha value is 0.760. The molecule has 0 N–H and O–H groups in total. The van der Waals surface area contributed by atoms with Gasteiger partial charge in [-0.1, -0.05) is 40.3 Å². The van der Waals surface area contributed by atoms with Gasteiger partial charge in [-0.25, -0.2) is 0 Å². The number of rotatable bonds is 1. The van der Waals surface area contributed by atoms with Crippen molar-refractivity contribution in [2.75, 3.05) is 4.43 Å². The molecule has 0 fully saturated rings. The Morgan fingerprint density at radius 2 is 2.40 bits per heavy atom. The predicted octanol–water partition coefficient (Wildman–Crippen LogP) is 2.17. The second-order valence-electron chi connectivity index (χ2n) is 0.516. The van der Waals surface area contributed by atoms with Gasteiger partial charge in [-0.3, -0.25) is 0 Å². The summed E-state index contributed by atoms with van der Waals surface area (Å²) in [7, 11) is 0. The van der Waals surface area contributed by atoms with E-state index in [1.807, 2.05) is 6.08 Å². The van der Waals surface area contributed by atoms with Crippen LogP contribution in [0.15, 0.2) is 11.6 Å². The third-order valence-corrected chi connectivity index (χ3v) is 0.865. The van der Waals surface area contributed by atoms with E-state index in [0.29, 0.717) is 0 Å². The van der Waals surface area contributed by atoms with E-state index in [9.17, 15) is 0 Å². The lowest BCUT2D eigenvalue weighted by molar-refractivity contribution is 1.88. The first-order valence-corrected chi connectivity index (χ1v) is 3.19. The quantitative estimate of drug-likeness (QED) is 0.452. The Morgan fingerprint density at radius 3 is 2.40 bits per heavy atom. The van der Waals surface area contributed by atoms with Crippen molar-refractivity contribution in [3.8, 4) is 0 Å². The molecule has 5 heavy (non-hydrogen) atoms. The summed E-state index contributed by atoms with van der Waals surface area (Å²) in [4.78, 5) is 0. The molecule has 0 nitrogen and oxygen atoms in total. The van der Waals surface area contributed by atoms with Gasteiger partial charge in [0.05, 0.1) is 0 Å². The Morgan fingerprint density at radius 1 is 1.80 bits per heavy atom. The van der Waals surface area contributed by atoms with E-state index in [2.05, 4.69) is 22.6 Å². The van der Waals surface area contributed by atoms with Crippen molar-refractivity contribution in [3.05, 3.63) is 11.6 Å². The van der Waals surface area contributed by atoms with Crippen LogP contribution >= 0.6 is 34.2 Å². The van der Waals surface area contributed by atoms with Crippen LogP contribution < -0.4 is 0 Å². The van der Waals surface area contributed by atoms with E-state index in [1.54, 1.807) is 0 Å². The first kappa shape index (κ1) is 5.76. The van der Waals surface area contributed by atoms with E-state index in [1.165, 1.54) is 5.54 Å². The molecule has 0 unspecified atom stereocenters. The molecule has 0 amide bonds. The summed E-state index contributed by atoms with van der Waals surface area (Å²) in [5.74, 6) is 0. The molecule has 2 heteroatoms. The van der Waals surface area contributed by atoms with Gasteiger partial charge in [0.2, 0.25) is 0 Å². The highest BCUT2D eigenvalue weighted by Crippen LogP contribution is 1.83. The fourth-order valence-electron chi connectivity index (χ4n) is 0.0337. The average molecular weight is 202 g/mol. The molecule has 0 aliphatic rings. The van der Waals surface area contributed by atoms with Gasteiger partial charge in [-0.2, -0.15) is 0 Å². The maximum Gasteiger partial charge on any atom is 0.0187 e. The Labute approximate surface area is 50.3 Å². The second-order valence-corrected chi connectivity index (χ2v) is 1.65. The minimum Gasteiger partial charge on any atom is -0.0933 e. The average Bonchev–Trinajstić information content (AvgIpc) is 1.41. The van der Waals surface area contributed by atoms with Crippen LogP contribution in [-0.4, -0.2) is 4.43 Å². The van der Waals surface area contributed by atoms with Gasteiger partial charge < -0.3 is 0 Å². The fraction of sp³-hybridized carbons (Fsp3) is 0.333. The highest BCUT2D eigenvalue weighted by atomic mass is 127. The lowest BCUT2D eigenvalue weighted by Gasteiger charge is -1.61. The Kier molecular flexibility index (Phi) is 5.48. The number of halogens is 2. The lowest BCUT2D eigenvalue weighted by Crippen LogP contribution is -1.47. The molecule has 0 aromatic carbocycles. The van der Waals surface area contributed by atoms with Crippen molar-refractivity contribution in [1.82, 2.24) is 0 Å². The van der Waals surface area contributed by atoms with Crippen LogP contribution in [0.2, 0.25) is 0 Å². The minimum absolute atomic E-state index is 1.00. The van der Waals surface area contributed by atoms with Crippen LogP contribution in [0.5, 0.6) is 0 Å². The summed E-state index contributed by atoms with van der Waals surface area (Å²) in [5.41, 5.74) is 1.52. The lowest BCUT2D eigenvalue weighted by atomic mass is 10.8. The molecule has 0 spiro atoms. The van der Waals surface area contributed by atoms with Crippen LogP contribution in [0.4, 0.5) is 0 Å². The Balaban J connectivity index is 2.62. The summed E-state index contributed by atoms with van der Waals surface area (Å²) < 4.78 is 1.00. The van der Waals surface area contributed by atoms with Crippen molar-refractivity contribution in [2.24, 2.45) is 0 Å². The highest BCUT2D eigenvalue weighted by molar-refractivity contribution is 14.1. The largest absolute Gasteiger partial charge is 0.0933 e. The monoisotopic (exact) mass is 202 g/mol. The third kappa shape index (κ3) is 4.76. The molecule has 0 aromatic rings. The zero-order valence-corrected chi connectivity index (χ0v) is 5.53. The molecule has 0 aliphatic carbocycles. The molecule has 0 heterocycles. The normalized spacial score (nSPS) is 10.0. The first-order valence-electron chi connectivity index (χ1n) is 1.23. The van der Waals surface area contributed by atoms with Crippen molar-refractivity contribution in [3.63, 3.8) is 0 Å². The molecule has 0 saturated heterocycles. The summed E-state index contributed by atoms with van der Waals surface area (Å²) >= 11 is 7.33. The molecule has 30 valence electrons. The van der Waals surface area contributed by atoms with E-state index >= 15 is 0 Å². The first-order chi connectivity index (χ1) is 2.41. The minimum atomic E-state index is 1.00.